The number of benzene rings is 1. The number of amides is 1. The number of rotatable bonds is 3. The zero-order chi connectivity index (χ0) is 14.0. The lowest BCUT2D eigenvalue weighted by atomic mass is 9.94. The average Bonchev–Trinajstić information content (AvgIpc) is 2.37. The zero-order valence-electron chi connectivity index (χ0n) is 11.8. The Bertz CT molecular complexity index is 445. The topological polar surface area (TPSA) is 43.8 Å². The second-order valence-electron chi connectivity index (χ2n) is 5.82. The number of carbonyl (C=O) groups is 1. The van der Waals surface area contributed by atoms with Crippen LogP contribution in [0.3, 0.4) is 0 Å². The van der Waals surface area contributed by atoms with Gasteiger partial charge in [-0.3, -0.25) is 9.69 Å². The Morgan fingerprint density at radius 3 is 2.53 bits per heavy atom. The van der Waals surface area contributed by atoms with Crippen LogP contribution in [0.2, 0.25) is 0 Å². The van der Waals surface area contributed by atoms with Crippen molar-refractivity contribution in [3.8, 4) is 0 Å². The summed E-state index contributed by atoms with van der Waals surface area (Å²) in [6.45, 7) is 5.44. The first-order valence-electron chi connectivity index (χ1n) is 6.62. The van der Waals surface area contributed by atoms with Crippen molar-refractivity contribution in [1.29, 1.82) is 0 Å². The van der Waals surface area contributed by atoms with Crippen LogP contribution in [0.4, 0.5) is 0 Å². The summed E-state index contributed by atoms with van der Waals surface area (Å²) in [4.78, 5) is 16.0. The van der Waals surface area contributed by atoms with E-state index in [0.29, 0.717) is 13.1 Å². The van der Waals surface area contributed by atoms with Crippen molar-refractivity contribution in [2.45, 2.75) is 32.0 Å². The van der Waals surface area contributed by atoms with Gasteiger partial charge in [0, 0.05) is 25.7 Å². The Labute approximate surface area is 114 Å². The van der Waals surface area contributed by atoms with E-state index in [2.05, 4.69) is 18.7 Å². The van der Waals surface area contributed by atoms with Gasteiger partial charge in [-0.2, -0.15) is 0 Å². The van der Waals surface area contributed by atoms with Crippen molar-refractivity contribution in [3.05, 3.63) is 35.9 Å². The maximum Gasteiger partial charge on any atom is 0.242 e. The van der Waals surface area contributed by atoms with Gasteiger partial charge in [0.1, 0.15) is 6.04 Å². The van der Waals surface area contributed by atoms with Crippen molar-refractivity contribution in [3.63, 3.8) is 0 Å². The van der Waals surface area contributed by atoms with E-state index in [9.17, 15) is 9.90 Å². The molecule has 1 unspecified atom stereocenters. The summed E-state index contributed by atoms with van der Waals surface area (Å²) in [5.41, 5.74) is 1.01. The fourth-order valence-corrected chi connectivity index (χ4v) is 2.84. The van der Waals surface area contributed by atoms with Crippen LogP contribution in [0.5, 0.6) is 0 Å². The van der Waals surface area contributed by atoms with Gasteiger partial charge in [0.15, 0.2) is 0 Å². The third kappa shape index (κ3) is 2.80. The summed E-state index contributed by atoms with van der Waals surface area (Å²) >= 11 is 0. The third-order valence-corrected chi connectivity index (χ3v) is 3.81. The first kappa shape index (κ1) is 14.0. The van der Waals surface area contributed by atoms with Crippen LogP contribution in [0.25, 0.3) is 0 Å². The first-order valence-corrected chi connectivity index (χ1v) is 6.62. The van der Waals surface area contributed by atoms with Gasteiger partial charge >= 0.3 is 0 Å². The molecule has 4 nitrogen and oxygen atoms in total. The first-order chi connectivity index (χ1) is 8.95. The molecule has 104 valence electrons. The summed E-state index contributed by atoms with van der Waals surface area (Å²) in [5.74, 6) is -0.00208. The van der Waals surface area contributed by atoms with Crippen LogP contribution in [0.15, 0.2) is 30.3 Å². The van der Waals surface area contributed by atoms with Gasteiger partial charge in [0.05, 0.1) is 6.61 Å². The molecule has 1 N–H and O–H groups in total. The van der Waals surface area contributed by atoms with Gasteiger partial charge in [-0.25, -0.2) is 0 Å². The zero-order valence-corrected chi connectivity index (χ0v) is 11.8. The van der Waals surface area contributed by atoms with Gasteiger partial charge in [0.25, 0.3) is 0 Å². The molecule has 1 saturated heterocycles. The van der Waals surface area contributed by atoms with Gasteiger partial charge in [0.2, 0.25) is 5.91 Å². The smallest absolute Gasteiger partial charge is 0.242 e. The lowest BCUT2D eigenvalue weighted by Crippen LogP contribution is -2.66. The van der Waals surface area contributed by atoms with Crippen molar-refractivity contribution in [1.82, 2.24) is 9.80 Å². The molecule has 1 heterocycles. The lowest BCUT2D eigenvalue weighted by Gasteiger charge is -2.49. The SMILES string of the molecule is CN1CC(C)(C)N(Cc2ccccc2)C(CO)C1=O. The molecule has 1 aromatic carbocycles. The van der Waals surface area contributed by atoms with Crippen LogP contribution in [0, 0.1) is 0 Å². The molecule has 0 saturated carbocycles. The minimum Gasteiger partial charge on any atom is -0.394 e. The minimum atomic E-state index is -0.450. The lowest BCUT2D eigenvalue weighted by molar-refractivity contribution is -0.151. The number of hydrogen-bond acceptors (Lipinski definition) is 3. The Morgan fingerprint density at radius 2 is 1.95 bits per heavy atom. The predicted octanol–water partition coefficient (Wildman–Crippen LogP) is 1.10. The van der Waals surface area contributed by atoms with Crippen molar-refractivity contribution >= 4 is 5.91 Å². The van der Waals surface area contributed by atoms with Crippen LogP contribution < -0.4 is 0 Å². The maximum atomic E-state index is 12.2. The second kappa shape index (κ2) is 5.31. The third-order valence-electron chi connectivity index (χ3n) is 3.81. The maximum absolute atomic E-state index is 12.2. The second-order valence-corrected chi connectivity index (χ2v) is 5.82. The molecule has 1 fully saturated rings. The van der Waals surface area contributed by atoms with E-state index in [1.807, 2.05) is 30.3 Å². The number of nitrogens with zero attached hydrogens (tertiary/aromatic N) is 2. The highest BCUT2D eigenvalue weighted by Crippen LogP contribution is 2.27. The summed E-state index contributed by atoms with van der Waals surface area (Å²) in [6, 6.07) is 9.62. The van der Waals surface area contributed by atoms with E-state index in [4.69, 9.17) is 0 Å². The molecule has 1 aliphatic rings. The van der Waals surface area contributed by atoms with Gasteiger partial charge in [-0.1, -0.05) is 30.3 Å². The van der Waals surface area contributed by atoms with E-state index in [0.717, 1.165) is 5.56 Å². The molecule has 4 heteroatoms. The number of likely N-dealkylation sites (N-methyl/N-ethyl adjacent to an activating group) is 1. The monoisotopic (exact) mass is 262 g/mol. The summed E-state index contributed by atoms with van der Waals surface area (Å²) in [5, 5.41) is 9.57. The Hall–Kier alpha value is -1.39. The molecular formula is C15H22N2O2. The Morgan fingerprint density at radius 1 is 1.32 bits per heavy atom. The standard InChI is InChI=1S/C15H22N2O2/c1-15(2)11-16(3)14(19)13(10-18)17(15)9-12-7-5-4-6-8-12/h4-8,13,18H,9-11H2,1-3H3. The van der Waals surface area contributed by atoms with Crippen LogP contribution in [0.1, 0.15) is 19.4 Å². The number of piperazine rings is 1. The molecule has 0 aromatic heterocycles. The Balaban J connectivity index is 2.26. The quantitative estimate of drug-likeness (QED) is 0.887. The summed E-state index contributed by atoms with van der Waals surface area (Å²) < 4.78 is 0. The molecule has 0 bridgehead atoms. The van der Waals surface area contributed by atoms with Crippen LogP contribution in [-0.2, 0) is 11.3 Å². The molecule has 1 amide bonds. The Kier molecular flexibility index (Phi) is 3.92. The largest absolute Gasteiger partial charge is 0.394 e. The minimum absolute atomic E-state index is 0.00208. The van der Waals surface area contributed by atoms with E-state index >= 15 is 0 Å². The van der Waals surface area contributed by atoms with Crippen molar-refractivity contribution in [2.24, 2.45) is 0 Å². The molecule has 1 aromatic rings. The van der Waals surface area contributed by atoms with Gasteiger partial charge in [-0.05, 0) is 19.4 Å². The molecule has 19 heavy (non-hydrogen) atoms. The highest BCUT2D eigenvalue weighted by Gasteiger charge is 2.43. The summed E-state index contributed by atoms with van der Waals surface area (Å²) in [7, 11) is 1.80. The summed E-state index contributed by atoms with van der Waals surface area (Å²) in [6.07, 6.45) is 0. The molecule has 0 spiro atoms. The molecule has 1 aliphatic heterocycles. The van der Waals surface area contributed by atoms with Crippen molar-refractivity contribution in [2.75, 3.05) is 20.2 Å². The highest BCUT2D eigenvalue weighted by molar-refractivity contribution is 5.83. The van der Waals surface area contributed by atoms with Gasteiger partial charge in [-0.15, -0.1) is 0 Å². The van der Waals surface area contributed by atoms with E-state index in [-0.39, 0.29) is 18.1 Å². The molecule has 0 radical (unpaired) electrons. The highest BCUT2D eigenvalue weighted by atomic mass is 16.3. The van der Waals surface area contributed by atoms with E-state index in [1.165, 1.54) is 0 Å². The molecule has 0 aliphatic carbocycles. The van der Waals surface area contributed by atoms with Gasteiger partial charge < -0.3 is 10.0 Å². The fraction of sp³-hybridized carbons (Fsp3) is 0.533. The van der Waals surface area contributed by atoms with E-state index < -0.39 is 6.04 Å². The predicted molar refractivity (Wildman–Crippen MR) is 74.6 cm³/mol. The number of carbonyl (C=O) groups excluding carboxylic acids is 1. The number of aliphatic hydroxyl groups excluding tert-OH is 1. The van der Waals surface area contributed by atoms with Crippen LogP contribution >= 0.6 is 0 Å². The molecule has 1 atom stereocenters. The average molecular weight is 262 g/mol. The number of aliphatic hydroxyl groups is 1. The van der Waals surface area contributed by atoms with Crippen molar-refractivity contribution < 1.29 is 9.90 Å². The van der Waals surface area contributed by atoms with Crippen LogP contribution in [-0.4, -0.2) is 52.6 Å². The normalized spacial score (nSPS) is 23.7. The number of hydrogen-bond donors (Lipinski definition) is 1. The van der Waals surface area contributed by atoms with E-state index in [1.54, 1.807) is 11.9 Å². The molecule has 2 rings (SSSR count). The fourth-order valence-electron chi connectivity index (χ4n) is 2.84. The molecular weight excluding hydrogens is 240 g/mol.